The number of hydroxylamine groups is 2. The number of carbonyl (C=O) groups is 1. The second-order valence-corrected chi connectivity index (χ2v) is 6.15. The van der Waals surface area contributed by atoms with Gasteiger partial charge in [0, 0.05) is 11.7 Å². The van der Waals surface area contributed by atoms with Crippen molar-refractivity contribution >= 4 is 27.3 Å². The molecule has 0 fully saturated rings. The van der Waals surface area contributed by atoms with E-state index in [-0.39, 0.29) is 5.91 Å². The highest BCUT2D eigenvalue weighted by Gasteiger charge is 2.15. The number of hydrogen-bond acceptors (Lipinski definition) is 4. The standard InChI is InChI=1S/C18H17NO3S/c1-19(21-2)18(20)17-10-14-8-9-15(11-16(14)23-17)22-12-13-6-4-3-5-7-13/h3-11H,12H2,1-2H3. The van der Waals surface area contributed by atoms with Gasteiger partial charge in [0.15, 0.2) is 0 Å². The van der Waals surface area contributed by atoms with Crippen LogP contribution in [0.25, 0.3) is 10.1 Å². The monoisotopic (exact) mass is 327 g/mol. The van der Waals surface area contributed by atoms with Gasteiger partial charge in [-0.2, -0.15) is 0 Å². The van der Waals surface area contributed by atoms with Gasteiger partial charge >= 0.3 is 0 Å². The Kier molecular flexibility index (Phi) is 4.60. The van der Waals surface area contributed by atoms with E-state index in [1.807, 2.05) is 54.6 Å². The fourth-order valence-corrected chi connectivity index (χ4v) is 3.24. The lowest BCUT2D eigenvalue weighted by Crippen LogP contribution is -2.24. The van der Waals surface area contributed by atoms with Gasteiger partial charge in [-0.3, -0.25) is 9.63 Å². The van der Waals surface area contributed by atoms with Gasteiger partial charge in [0.1, 0.15) is 12.4 Å². The zero-order valence-corrected chi connectivity index (χ0v) is 13.8. The average Bonchev–Trinajstić information content (AvgIpc) is 3.02. The van der Waals surface area contributed by atoms with E-state index in [2.05, 4.69) is 0 Å². The van der Waals surface area contributed by atoms with E-state index in [0.29, 0.717) is 11.5 Å². The van der Waals surface area contributed by atoms with Crippen LogP contribution in [0.2, 0.25) is 0 Å². The molecule has 1 aromatic heterocycles. The minimum atomic E-state index is -0.152. The van der Waals surface area contributed by atoms with Crippen LogP contribution in [0.4, 0.5) is 0 Å². The Hall–Kier alpha value is -2.37. The largest absolute Gasteiger partial charge is 0.489 e. The third-order valence-corrected chi connectivity index (χ3v) is 4.60. The van der Waals surface area contributed by atoms with Crippen molar-refractivity contribution in [1.82, 2.24) is 5.06 Å². The summed E-state index contributed by atoms with van der Waals surface area (Å²) in [7, 11) is 3.07. The van der Waals surface area contributed by atoms with Crippen molar-refractivity contribution in [2.45, 2.75) is 6.61 Å². The summed E-state index contributed by atoms with van der Waals surface area (Å²) in [6.07, 6.45) is 0. The number of thiophene rings is 1. The van der Waals surface area contributed by atoms with Crippen LogP contribution in [-0.4, -0.2) is 25.1 Å². The van der Waals surface area contributed by atoms with E-state index in [1.54, 1.807) is 7.05 Å². The molecule has 0 saturated carbocycles. The maximum Gasteiger partial charge on any atom is 0.287 e. The van der Waals surface area contributed by atoms with Crippen molar-refractivity contribution in [3.05, 3.63) is 65.0 Å². The average molecular weight is 327 g/mol. The quantitative estimate of drug-likeness (QED) is 0.662. The third-order valence-electron chi connectivity index (χ3n) is 3.51. The minimum absolute atomic E-state index is 0.152. The fourth-order valence-electron chi connectivity index (χ4n) is 2.19. The van der Waals surface area contributed by atoms with Gasteiger partial charge in [-0.25, -0.2) is 5.06 Å². The van der Waals surface area contributed by atoms with Crippen molar-refractivity contribution in [2.75, 3.05) is 14.2 Å². The fraction of sp³-hybridized carbons (Fsp3) is 0.167. The molecule has 4 nitrogen and oxygen atoms in total. The molecule has 1 heterocycles. The number of benzene rings is 2. The predicted octanol–water partition coefficient (Wildman–Crippen LogP) is 4.11. The lowest BCUT2D eigenvalue weighted by Gasteiger charge is -2.11. The maximum absolute atomic E-state index is 12.1. The number of fused-ring (bicyclic) bond motifs is 1. The van der Waals surface area contributed by atoms with Crippen molar-refractivity contribution in [1.29, 1.82) is 0 Å². The first-order valence-electron chi connectivity index (χ1n) is 7.20. The van der Waals surface area contributed by atoms with Crippen LogP contribution in [-0.2, 0) is 11.4 Å². The smallest absolute Gasteiger partial charge is 0.287 e. The van der Waals surface area contributed by atoms with E-state index in [4.69, 9.17) is 9.57 Å². The van der Waals surface area contributed by atoms with E-state index in [1.165, 1.54) is 23.5 Å². The zero-order chi connectivity index (χ0) is 16.2. The molecular formula is C18H17NO3S. The molecule has 0 saturated heterocycles. The summed E-state index contributed by atoms with van der Waals surface area (Å²) in [5.41, 5.74) is 1.12. The number of carbonyl (C=O) groups excluding carboxylic acids is 1. The number of nitrogens with zero attached hydrogens (tertiary/aromatic N) is 1. The molecule has 3 aromatic rings. The molecule has 0 aliphatic carbocycles. The number of hydrogen-bond donors (Lipinski definition) is 0. The molecule has 0 aliphatic rings. The zero-order valence-electron chi connectivity index (χ0n) is 13.0. The molecule has 23 heavy (non-hydrogen) atoms. The molecule has 0 N–H and O–H groups in total. The van der Waals surface area contributed by atoms with Gasteiger partial charge in [0.25, 0.3) is 5.91 Å². The van der Waals surface area contributed by atoms with Gasteiger partial charge in [-0.15, -0.1) is 11.3 Å². The van der Waals surface area contributed by atoms with E-state index >= 15 is 0 Å². The summed E-state index contributed by atoms with van der Waals surface area (Å²) in [5, 5.41) is 2.24. The van der Waals surface area contributed by atoms with Gasteiger partial charge in [0.2, 0.25) is 0 Å². The highest BCUT2D eigenvalue weighted by atomic mass is 32.1. The molecular weight excluding hydrogens is 310 g/mol. The minimum Gasteiger partial charge on any atom is -0.489 e. The molecule has 0 spiro atoms. The van der Waals surface area contributed by atoms with Crippen LogP contribution >= 0.6 is 11.3 Å². The Bertz CT molecular complexity index is 814. The lowest BCUT2D eigenvalue weighted by molar-refractivity contribution is -0.0753. The van der Waals surface area contributed by atoms with Crippen LogP contribution < -0.4 is 4.74 Å². The summed E-state index contributed by atoms with van der Waals surface area (Å²) in [6, 6.07) is 17.8. The molecule has 118 valence electrons. The second kappa shape index (κ2) is 6.81. The van der Waals surface area contributed by atoms with Gasteiger partial charge in [-0.05, 0) is 35.2 Å². The first-order chi connectivity index (χ1) is 11.2. The van der Waals surface area contributed by atoms with Crippen molar-refractivity contribution in [3.8, 4) is 5.75 Å². The number of amides is 1. The van der Waals surface area contributed by atoms with Crippen molar-refractivity contribution in [3.63, 3.8) is 0 Å². The van der Waals surface area contributed by atoms with E-state index < -0.39 is 0 Å². The first-order valence-corrected chi connectivity index (χ1v) is 8.01. The number of ether oxygens (including phenoxy) is 1. The Labute approximate surface area is 138 Å². The summed E-state index contributed by atoms with van der Waals surface area (Å²) in [4.78, 5) is 17.7. The molecule has 0 atom stereocenters. The SMILES string of the molecule is CON(C)C(=O)c1cc2ccc(OCc3ccccc3)cc2s1. The highest BCUT2D eigenvalue weighted by Crippen LogP contribution is 2.30. The normalized spacial score (nSPS) is 10.7. The summed E-state index contributed by atoms with van der Waals surface area (Å²) < 4.78 is 6.84. The molecule has 0 unspecified atom stereocenters. The summed E-state index contributed by atoms with van der Waals surface area (Å²) in [5.74, 6) is 0.641. The van der Waals surface area contributed by atoms with Crippen LogP contribution in [0.15, 0.2) is 54.6 Å². The second-order valence-electron chi connectivity index (χ2n) is 5.07. The van der Waals surface area contributed by atoms with Gasteiger partial charge < -0.3 is 4.74 Å². The summed E-state index contributed by atoms with van der Waals surface area (Å²) >= 11 is 1.43. The van der Waals surface area contributed by atoms with E-state index in [9.17, 15) is 4.79 Å². The van der Waals surface area contributed by atoms with E-state index in [0.717, 1.165) is 21.4 Å². The molecule has 2 aromatic carbocycles. The van der Waals surface area contributed by atoms with Gasteiger partial charge in [0.05, 0.1) is 12.0 Å². The third kappa shape index (κ3) is 3.52. The molecule has 0 aliphatic heterocycles. The molecule has 0 radical (unpaired) electrons. The Morgan fingerprint density at radius 1 is 1.13 bits per heavy atom. The molecule has 5 heteroatoms. The topological polar surface area (TPSA) is 38.8 Å². The van der Waals surface area contributed by atoms with Crippen LogP contribution in [0, 0.1) is 0 Å². The van der Waals surface area contributed by atoms with Crippen LogP contribution in [0.1, 0.15) is 15.2 Å². The van der Waals surface area contributed by atoms with Crippen LogP contribution in [0.3, 0.4) is 0 Å². The Balaban J connectivity index is 1.78. The summed E-state index contributed by atoms with van der Waals surface area (Å²) in [6.45, 7) is 0.524. The number of rotatable bonds is 5. The van der Waals surface area contributed by atoms with Gasteiger partial charge in [-0.1, -0.05) is 30.3 Å². The molecule has 0 bridgehead atoms. The maximum atomic E-state index is 12.1. The lowest BCUT2D eigenvalue weighted by atomic mass is 10.2. The molecule has 1 amide bonds. The Morgan fingerprint density at radius 2 is 1.91 bits per heavy atom. The van der Waals surface area contributed by atoms with Crippen molar-refractivity contribution in [2.24, 2.45) is 0 Å². The Morgan fingerprint density at radius 3 is 2.65 bits per heavy atom. The molecule has 3 rings (SSSR count). The highest BCUT2D eigenvalue weighted by molar-refractivity contribution is 7.20. The van der Waals surface area contributed by atoms with Crippen LogP contribution in [0.5, 0.6) is 5.75 Å². The first kappa shape index (κ1) is 15.5. The predicted molar refractivity (Wildman–Crippen MR) is 91.7 cm³/mol. The van der Waals surface area contributed by atoms with Crippen molar-refractivity contribution < 1.29 is 14.4 Å².